The Bertz CT molecular complexity index is 1430. The van der Waals surface area contributed by atoms with E-state index in [-0.39, 0.29) is 35.2 Å². The van der Waals surface area contributed by atoms with Crippen molar-refractivity contribution in [1.82, 2.24) is 9.78 Å². The van der Waals surface area contributed by atoms with Gasteiger partial charge in [-0.25, -0.2) is 9.18 Å². The van der Waals surface area contributed by atoms with Gasteiger partial charge in [-0.15, -0.1) is 0 Å². The fraction of sp³-hybridized carbons (Fsp3) is 0.433. The molecule has 1 heterocycles. The molecule has 1 aromatic heterocycles. The molecule has 5 rings (SSSR count). The van der Waals surface area contributed by atoms with Gasteiger partial charge < -0.3 is 16.2 Å². The molecular formula is C30H34F4N4O3. The summed E-state index contributed by atoms with van der Waals surface area (Å²) in [5, 5.41) is 16.7. The number of nitrogens with zero attached hydrogens (tertiary/aromatic N) is 2. The average molecular weight is 575 g/mol. The van der Waals surface area contributed by atoms with E-state index < -0.39 is 34.8 Å². The molecule has 220 valence electrons. The third-order valence-corrected chi connectivity index (χ3v) is 7.78. The van der Waals surface area contributed by atoms with Crippen molar-refractivity contribution in [2.75, 3.05) is 5.32 Å². The number of anilines is 1. The van der Waals surface area contributed by atoms with Gasteiger partial charge in [0.2, 0.25) is 5.91 Å². The van der Waals surface area contributed by atoms with Crippen molar-refractivity contribution in [3.63, 3.8) is 0 Å². The number of nitrogens with two attached hydrogens (primary N) is 1. The zero-order chi connectivity index (χ0) is 30.2. The maximum Gasteiger partial charge on any atom is 0.416 e. The highest BCUT2D eigenvalue weighted by molar-refractivity contribution is 6.03. The summed E-state index contributed by atoms with van der Waals surface area (Å²) in [4.78, 5) is 25.0. The smallest absolute Gasteiger partial charge is 0.416 e. The van der Waals surface area contributed by atoms with E-state index >= 15 is 0 Å². The van der Waals surface area contributed by atoms with Gasteiger partial charge in [0, 0.05) is 28.6 Å². The van der Waals surface area contributed by atoms with Crippen LogP contribution in [0.2, 0.25) is 0 Å². The summed E-state index contributed by atoms with van der Waals surface area (Å²) in [6.45, 7) is 6.12. The van der Waals surface area contributed by atoms with Gasteiger partial charge in [0.25, 0.3) is 0 Å². The summed E-state index contributed by atoms with van der Waals surface area (Å²) >= 11 is 0. The number of carbonyl (C=O) groups excluding carboxylic acids is 1. The Labute approximate surface area is 235 Å². The summed E-state index contributed by atoms with van der Waals surface area (Å²) in [6, 6.07) is 6.89. The van der Waals surface area contributed by atoms with Gasteiger partial charge in [-0.05, 0) is 82.2 Å². The number of hydrogen-bond acceptors (Lipinski definition) is 4. The van der Waals surface area contributed by atoms with Crippen LogP contribution in [0.5, 0.6) is 0 Å². The highest BCUT2D eigenvalue weighted by Gasteiger charge is 2.53. The van der Waals surface area contributed by atoms with Crippen molar-refractivity contribution in [3.05, 3.63) is 71.3 Å². The lowest BCUT2D eigenvalue weighted by Crippen LogP contribution is -2.30. The molecule has 0 aliphatic heterocycles. The van der Waals surface area contributed by atoms with Gasteiger partial charge in [-0.3, -0.25) is 9.48 Å². The van der Waals surface area contributed by atoms with Crippen LogP contribution in [0.4, 0.5) is 23.2 Å². The lowest BCUT2D eigenvalue weighted by Gasteiger charge is -2.25. The number of aromatic nitrogens is 2. The van der Waals surface area contributed by atoms with Crippen LogP contribution in [-0.4, -0.2) is 32.3 Å². The van der Waals surface area contributed by atoms with E-state index in [1.165, 1.54) is 6.07 Å². The number of halogens is 4. The molecule has 2 fully saturated rings. The van der Waals surface area contributed by atoms with Crippen LogP contribution < -0.4 is 11.1 Å². The number of carboxylic acid groups (broad SMARTS) is 1. The molecule has 2 aliphatic rings. The molecule has 4 N–H and O–H groups in total. The lowest BCUT2D eigenvalue weighted by molar-refractivity contribution is -0.137. The molecule has 2 saturated carbocycles. The van der Waals surface area contributed by atoms with Crippen molar-refractivity contribution < 1.29 is 32.3 Å². The number of alkyl halides is 3. The highest BCUT2D eigenvalue weighted by Crippen LogP contribution is 2.50. The highest BCUT2D eigenvalue weighted by atomic mass is 19.4. The third kappa shape index (κ3) is 6.78. The summed E-state index contributed by atoms with van der Waals surface area (Å²) in [5.41, 5.74) is 4.28. The van der Waals surface area contributed by atoms with Crippen LogP contribution in [0, 0.1) is 5.82 Å². The summed E-state index contributed by atoms with van der Waals surface area (Å²) in [5.74, 6) is -2.89. The van der Waals surface area contributed by atoms with Crippen LogP contribution in [-0.2, 0) is 16.4 Å². The van der Waals surface area contributed by atoms with Crippen molar-refractivity contribution in [3.8, 4) is 11.1 Å². The molecule has 1 amide bonds. The summed E-state index contributed by atoms with van der Waals surface area (Å²) < 4.78 is 55.0. The van der Waals surface area contributed by atoms with Crippen molar-refractivity contribution in [2.45, 2.75) is 82.5 Å². The minimum absolute atomic E-state index is 0.0403. The zero-order valence-electron chi connectivity index (χ0n) is 23.2. The molecule has 2 aliphatic carbocycles. The van der Waals surface area contributed by atoms with Crippen LogP contribution in [0.25, 0.3) is 11.1 Å². The Balaban J connectivity index is 0.000000585. The number of carbonyl (C=O) groups is 2. The van der Waals surface area contributed by atoms with E-state index in [2.05, 4.69) is 17.3 Å². The minimum Gasteiger partial charge on any atom is -0.478 e. The SMILES string of the molecule is CCC(C)(C)N.O=C(O)c1cc(NC(=O)C2(c3ccc(C(F)(F)F)cc3F)CC2)ccc1-c1cnn(C2CCC2)c1. The molecule has 0 unspecified atom stereocenters. The molecule has 0 spiro atoms. The number of aromatic carboxylic acids is 1. The predicted molar refractivity (Wildman–Crippen MR) is 147 cm³/mol. The van der Waals surface area contributed by atoms with Crippen LogP contribution >= 0.6 is 0 Å². The third-order valence-electron chi connectivity index (χ3n) is 7.78. The standard InChI is InChI=1S/C25H21F4N3O3.C5H13N/c26-21-10-15(25(27,28)29)4-7-20(21)24(8-9-24)23(35)31-16-5-6-18(19(11-16)22(33)34)14-12-30-32(13-14)17-2-1-3-17;1-4-5(2,3)6/h4-7,10-13,17H,1-3,8-9H2,(H,31,35)(H,33,34);4,6H2,1-3H3. The van der Waals surface area contributed by atoms with E-state index in [1.807, 2.05) is 18.5 Å². The lowest BCUT2D eigenvalue weighted by atomic mass is 9.92. The first kappa shape index (κ1) is 30.2. The predicted octanol–water partition coefficient (Wildman–Crippen LogP) is 6.94. The molecule has 3 aromatic rings. The molecular weight excluding hydrogens is 540 g/mol. The average Bonchev–Trinajstić information content (AvgIpc) is 3.53. The van der Waals surface area contributed by atoms with Crippen molar-refractivity contribution in [2.24, 2.45) is 5.73 Å². The number of benzene rings is 2. The minimum atomic E-state index is -4.69. The first-order valence-corrected chi connectivity index (χ1v) is 13.5. The van der Waals surface area contributed by atoms with Gasteiger partial charge in [-0.1, -0.05) is 19.1 Å². The van der Waals surface area contributed by atoms with E-state index in [1.54, 1.807) is 24.5 Å². The van der Waals surface area contributed by atoms with Gasteiger partial charge in [0.15, 0.2) is 0 Å². The monoisotopic (exact) mass is 574 g/mol. The Kier molecular flexibility index (Phi) is 8.31. The fourth-order valence-electron chi connectivity index (χ4n) is 4.45. The second-order valence-corrected chi connectivity index (χ2v) is 11.4. The molecule has 11 heteroatoms. The first-order valence-electron chi connectivity index (χ1n) is 13.5. The molecule has 41 heavy (non-hydrogen) atoms. The quantitative estimate of drug-likeness (QED) is 0.265. The normalized spacial score (nSPS) is 16.3. The van der Waals surface area contributed by atoms with E-state index in [0.29, 0.717) is 23.2 Å². The topological polar surface area (TPSA) is 110 Å². The van der Waals surface area contributed by atoms with E-state index in [0.717, 1.165) is 37.8 Å². The largest absolute Gasteiger partial charge is 0.478 e. The molecule has 0 saturated heterocycles. The Morgan fingerprint density at radius 1 is 1.15 bits per heavy atom. The van der Waals surface area contributed by atoms with Crippen molar-refractivity contribution >= 4 is 17.6 Å². The van der Waals surface area contributed by atoms with Crippen LogP contribution in [0.3, 0.4) is 0 Å². The number of rotatable bonds is 7. The van der Waals surface area contributed by atoms with E-state index in [9.17, 15) is 32.3 Å². The molecule has 2 aromatic carbocycles. The summed E-state index contributed by atoms with van der Waals surface area (Å²) in [7, 11) is 0. The Morgan fingerprint density at radius 3 is 2.29 bits per heavy atom. The van der Waals surface area contributed by atoms with Gasteiger partial charge >= 0.3 is 12.1 Å². The van der Waals surface area contributed by atoms with Gasteiger partial charge in [-0.2, -0.15) is 18.3 Å². The van der Waals surface area contributed by atoms with Crippen molar-refractivity contribution in [1.29, 1.82) is 0 Å². The number of amides is 1. The number of carboxylic acids is 1. The fourth-order valence-corrected chi connectivity index (χ4v) is 4.45. The Hall–Kier alpha value is -3.73. The van der Waals surface area contributed by atoms with Gasteiger partial charge in [0.1, 0.15) is 5.82 Å². The molecule has 0 bridgehead atoms. The maximum absolute atomic E-state index is 14.5. The maximum atomic E-state index is 14.5. The number of nitrogens with one attached hydrogen (secondary N) is 1. The summed E-state index contributed by atoms with van der Waals surface area (Å²) in [6.07, 6.45) is 3.48. The molecule has 0 radical (unpaired) electrons. The van der Waals surface area contributed by atoms with E-state index in [4.69, 9.17) is 5.73 Å². The zero-order valence-corrected chi connectivity index (χ0v) is 23.2. The van der Waals surface area contributed by atoms with Crippen LogP contribution in [0.15, 0.2) is 48.8 Å². The second kappa shape index (κ2) is 11.3. The van der Waals surface area contributed by atoms with Crippen LogP contribution in [0.1, 0.15) is 86.8 Å². The molecule has 0 atom stereocenters. The number of hydrogen-bond donors (Lipinski definition) is 3. The first-order chi connectivity index (χ1) is 19.1. The Morgan fingerprint density at radius 2 is 1.80 bits per heavy atom. The second-order valence-electron chi connectivity index (χ2n) is 11.4. The molecule has 7 nitrogen and oxygen atoms in total. The van der Waals surface area contributed by atoms with Gasteiger partial charge in [0.05, 0.1) is 28.8 Å².